The number of sulfonamides is 1. The van der Waals surface area contributed by atoms with Crippen LogP contribution in [0.15, 0.2) is 35.7 Å². The normalized spacial score (nSPS) is 23.0. The molecule has 136 valence electrons. The van der Waals surface area contributed by atoms with E-state index < -0.39 is 15.6 Å². The number of aryl methyl sites for hydroxylation is 1. The van der Waals surface area contributed by atoms with Crippen LogP contribution in [0.3, 0.4) is 0 Å². The summed E-state index contributed by atoms with van der Waals surface area (Å²) >= 11 is 6.13. The van der Waals surface area contributed by atoms with Crippen LogP contribution in [0.1, 0.15) is 37.7 Å². The van der Waals surface area contributed by atoms with Crippen LogP contribution in [0.2, 0.25) is 5.02 Å². The molecule has 0 radical (unpaired) electrons. The molecule has 1 spiro atoms. The number of nitrogens with zero attached hydrogens (tertiary/aromatic N) is 1. The molecular formula is C18H23ClN2O3S. The van der Waals surface area contributed by atoms with Gasteiger partial charge in [-0.25, -0.2) is 8.42 Å². The van der Waals surface area contributed by atoms with Gasteiger partial charge >= 0.3 is 0 Å². The predicted molar refractivity (Wildman–Crippen MR) is 98.0 cm³/mol. The summed E-state index contributed by atoms with van der Waals surface area (Å²) in [6.07, 6.45) is 5.15. The van der Waals surface area contributed by atoms with Gasteiger partial charge in [-0.2, -0.15) is 4.31 Å². The summed E-state index contributed by atoms with van der Waals surface area (Å²) in [5.41, 5.74) is 0.456. The van der Waals surface area contributed by atoms with Crippen LogP contribution in [-0.4, -0.2) is 36.8 Å². The van der Waals surface area contributed by atoms with E-state index in [2.05, 4.69) is 11.9 Å². The van der Waals surface area contributed by atoms with Crippen molar-refractivity contribution >= 4 is 27.5 Å². The van der Waals surface area contributed by atoms with Crippen LogP contribution < -0.4 is 5.32 Å². The van der Waals surface area contributed by atoms with Crippen LogP contribution in [-0.2, 0) is 14.8 Å². The molecular weight excluding hydrogens is 360 g/mol. The number of amides is 1. The lowest BCUT2D eigenvalue weighted by Crippen LogP contribution is -2.63. The van der Waals surface area contributed by atoms with Gasteiger partial charge in [-0.05, 0) is 62.8 Å². The van der Waals surface area contributed by atoms with Gasteiger partial charge < -0.3 is 5.32 Å². The average molecular weight is 383 g/mol. The SMILES string of the molecule is C=CC(=O)NC1CCN(S(=O)(=O)c2ccc(C)c(Cl)c2)C2(CCC2)C1. The Labute approximate surface area is 154 Å². The van der Waals surface area contributed by atoms with Crippen molar-refractivity contribution in [1.29, 1.82) is 0 Å². The van der Waals surface area contributed by atoms with Crippen molar-refractivity contribution in [1.82, 2.24) is 9.62 Å². The van der Waals surface area contributed by atoms with Crippen LogP contribution in [0.25, 0.3) is 0 Å². The summed E-state index contributed by atoms with van der Waals surface area (Å²) in [6, 6.07) is 4.87. The zero-order valence-corrected chi connectivity index (χ0v) is 15.9. The van der Waals surface area contributed by atoms with Crippen LogP contribution in [0.5, 0.6) is 0 Å². The second-order valence-electron chi connectivity index (χ2n) is 6.97. The summed E-state index contributed by atoms with van der Waals surface area (Å²) in [5, 5.41) is 3.38. The Morgan fingerprint density at radius 1 is 1.44 bits per heavy atom. The number of carbonyl (C=O) groups is 1. The van der Waals surface area contributed by atoms with Gasteiger partial charge in [-0.1, -0.05) is 24.2 Å². The first-order chi connectivity index (χ1) is 11.8. The van der Waals surface area contributed by atoms with Crippen molar-refractivity contribution in [2.24, 2.45) is 0 Å². The number of rotatable bonds is 4. The standard InChI is InChI=1S/C18H23ClN2O3S/c1-3-17(22)20-14-7-10-21(18(12-14)8-4-9-18)25(23,24)15-6-5-13(2)16(19)11-15/h3,5-6,11,14H,1,4,7-10,12H2,2H3,(H,20,22). The van der Waals surface area contributed by atoms with Crippen LogP contribution >= 0.6 is 11.6 Å². The summed E-state index contributed by atoms with van der Waals surface area (Å²) in [4.78, 5) is 11.8. The third-order valence-corrected chi connectivity index (χ3v) is 7.79. The first-order valence-corrected chi connectivity index (χ1v) is 10.3. The Hall–Kier alpha value is -1.37. The second-order valence-corrected chi connectivity index (χ2v) is 9.24. The van der Waals surface area contributed by atoms with Crippen molar-refractivity contribution in [3.8, 4) is 0 Å². The minimum absolute atomic E-state index is 0.0149. The van der Waals surface area contributed by atoms with Gasteiger partial charge in [0, 0.05) is 23.1 Å². The number of carbonyl (C=O) groups excluding carboxylic acids is 1. The minimum atomic E-state index is -3.61. The van der Waals surface area contributed by atoms with E-state index in [-0.39, 0.29) is 16.8 Å². The molecule has 1 saturated carbocycles. The molecule has 1 aliphatic carbocycles. The van der Waals surface area contributed by atoms with Crippen molar-refractivity contribution in [2.45, 2.75) is 55.5 Å². The second kappa shape index (κ2) is 6.74. The zero-order chi connectivity index (χ0) is 18.2. The van der Waals surface area contributed by atoms with Crippen molar-refractivity contribution in [2.75, 3.05) is 6.54 Å². The highest BCUT2D eigenvalue weighted by Gasteiger charge is 2.51. The molecule has 7 heteroatoms. The van der Waals surface area contributed by atoms with Gasteiger partial charge in [-0.3, -0.25) is 4.79 Å². The summed E-state index contributed by atoms with van der Waals surface area (Å²) in [6.45, 7) is 5.72. The molecule has 1 unspecified atom stereocenters. The molecule has 1 N–H and O–H groups in total. The lowest BCUT2D eigenvalue weighted by molar-refractivity contribution is -0.117. The van der Waals surface area contributed by atoms with Crippen molar-refractivity contribution in [3.05, 3.63) is 41.4 Å². The molecule has 0 bridgehead atoms. The Bertz CT molecular complexity index is 803. The Balaban J connectivity index is 1.87. The lowest BCUT2D eigenvalue weighted by Gasteiger charge is -2.54. The molecule has 1 aliphatic heterocycles. The maximum absolute atomic E-state index is 13.2. The molecule has 3 rings (SSSR count). The fraction of sp³-hybridized carbons (Fsp3) is 0.500. The quantitative estimate of drug-likeness (QED) is 0.814. The van der Waals surface area contributed by atoms with E-state index >= 15 is 0 Å². The molecule has 0 aromatic heterocycles. The summed E-state index contributed by atoms with van der Waals surface area (Å²) < 4.78 is 28.1. The van der Waals surface area contributed by atoms with Crippen LogP contribution in [0.4, 0.5) is 0 Å². The van der Waals surface area contributed by atoms with E-state index in [1.165, 1.54) is 12.1 Å². The topological polar surface area (TPSA) is 66.5 Å². The fourth-order valence-corrected chi connectivity index (χ4v) is 5.95. The van der Waals surface area contributed by atoms with Gasteiger partial charge in [-0.15, -0.1) is 0 Å². The van der Waals surface area contributed by atoms with E-state index in [9.17, 15) is 13.2 Å². The molecule has 2 fully saturated rings. The highest BCUT2D eigenvalue weighted by molar-refractivity contribution is 7.89. The predicted octanol–water partition coefficient (Wildman–Crippen LogP) is 3.03. The highest BCUT2D eigenvalue weighted by Crippen LogP contribution is 2.47. The average Bonchev–Trinajstić information content (AvgIpc) is 2.55. The molecule has 1 saturated heterocycles. The zero-order valence-electron chi connectivity index (χ0n) is 14.3. The molecule has 1 heterocycles. The maximum atomic E-state index is 13.2. The molecule has 1 amide bonds. The summed E-state index contributed by atoms with van der Waals surface area (Å²) in [7, 11) is -3.61. The van der Waals surface area contributed by atoms with E-state index in [4.69, 9.17) is 11.6 Å². The van der Waals surface area contributed by atoms with Gasteiger partial charge in [0.1, 0.15) is 0 Å². The van der Waals surface area contributed by atoms with Gasteiger partial charge in [0.15, 0.2) is 0 Å². The Kier molecular flexibility index (Phi) is 4.97. The molecule has 2 aliphatic rings. The van der Waals surface area contributed by atoms with E-state index in [0.29, 0.717) is 24.4 Å². The van der Waals surface area contributed by atoms with E-state index in [1.807, 2.05) is 6.92 Å². The minimum Gasteiger partial charge on any atom is -0.350 e. The fourth-order valence-electron chi connectivity index (χ4n) is 3.83. The number of hydrogen-bond donors (Lipinski definition) is 1. The number of hydrogen-bond acceptors (Lipinski definition) is 3. The largest absolute Gasteiger partial charge is 0.350 e. The number of benzene rings is 1. The maximum Gasteiger partial charge on any atom is 0.243 e. The first-order valence-electron chi connectivity index (χ1n) is 8.50. The van der Waals surface area contributed by atoms with Gasteiger partial charge in [0.25, 0.3) is 0 Å². The third kappa shape index (κ3) is 3.35. The molecule has 1 atom stereocenters. The third-order valence-electron chi connectivity index (χ3n) is 5.38. The summed E-state index contributed by atoms with van der Waals surface area (Å²) in [5.74, 6) is -0.207. The molecule has 1 aromatic rings. The lowest BCUT2D eigenvalue weighted by atomic mass is 9.70. The van der Waals surface area contributed by atoms with Crippen molar-refractivity contribution in [3.63, 3.8) is 0 Å². The van der Waals surface area contributed by atoms with E-state index in [1.54, 1.807) is 16.4 Å². The Morgan fingerprint density at radius 2 is 2.16 bits per heavy atom. The van der Waals surface area contributed by atoms with E-state index in [0.717, 1.165) is 24.8 Å². The van der Waals surface area contributed by atoms with Gasteiger partial charge in [0.05, 0.1) is 4.90 Å². The number of halogens is 1. The Morgan fingerprint density at radius 3 is 2.72 bits per heavy atom. The monoisotopic (exact) mass is 382 g/mol. The number of nitrogens with one attached hydrogen (secondary N) is 1. The highest BCUT2D eigenvalue weighted by atomic mass is 35.5. The molecule has 1 aromatic carbocycles. The molecule has 25 heavy (non-hydrogen) atoms. The number of piperidine rings is 1. The first kappa shape index (κ1) is 18.4. The van der Waals surface area contributed by atoms with Crippen LogP contribution in [0, 0.1) is 6.92 Å². The smallest absolute Gasteiger partial charge is 0.243 e. The molecule has 5 nitrogen and oxygen atoms in total. The van der Waals surface area contributed by atoms with Crippen molar-refractivity contribution < 1.29 is 13.2 Å². The van der Waals surface area contributed by atoms with Gasteiger partial charge in [0.2, 0.25) is 15.9 Å².